The van der Waals surface area contributed by atoms with Crippen LogP contribution in [0.1, 0.15) is 33.8 Å². The molecule has 0 saturated carbocycles. The van der Waals surface area contributed by atoms with Crippen LogP contribution in [0.25, 0.3) is 0 Å². The van der Waals surface area contributed by atoms with Crippen LogP contribution in [-0.4, -0.2) is 42.9 Å². The Kier molecular flexibility index (Phi) is 7.63. The summed E-state index contributed by atoms with van der Waals surface area (Å²) in [6.45, 7) is 4.31. The van der Waals surface area contributed by atoms with Gasteiger partial charge in [0.1, 0.15) is 0 Å². The summed E-state index contributed by atoms with van der Waals surface area (Å²) in [5.41, 5.74) is 2.41. The lowest BCUT2D eigenvalue weighted by molar-refractivity contribution is -0.133. The summed E-state index contributed by atoms with van der Waals surface area (Å²) in [6.07, 6.45) is 1.00. The molecule has 2 aromatic rings. The molecule has 26 heavy (non-hydrogen) atoms. The van der Waals surface area contributed by atoms with E-state index in [0.29, 0.717) is 11.4 Å². The Balaban J connectivity index is 0.00000243. The number of rotatable bonds is 5. The number of halogens is 1. The summed E-state index contributed by atoms with van der Waals surface area (Å²) in [5, 5.41) is 7.94. The molecular weight excluding hydrogens is 370 g/mol. The highest BCUT2D eigenvalue weighted by Gasteiger charge is 2.27. The van der Waals surface area contributed by atoms with Crippen LogP contribution >= 0.6 is 23.7 Å². The number of thiophene rings is 1. The Morgan fingerprint density at radius 3 is 2.69 bits per heavy atom. The summed E-state index contributed by atoms with van der Waals surface area (Å²) < 4.78 is 0. The second-order valence-corrected chi connectivity index (χ2v) is 7.01. The van der Waals surface area contributed by atoms with Crippen LogP contribution in [0.15, 0.2) is 41.8 Å². The topological polar surface area (TPSA) is 61.4 Å². The van der Waals surface area contributed by atoms with Gasteiger partial charge in [-0.15, -0.1) is 23.7 Å². The quantitative estimate of drug-likeness (QED) is 0.820. The number of hydrogen-bond donors (Lipinski definition) is 2. The van der Waals surface area contributed by atoms with Crippen LogP contribution in [0.2, 0.25) is 0 Å². The molecule has 1 unspecified atom stereocenters. The molecule has 0 bridgehead atoms. The molecule has 2 N–H and O–H groups in total. The number of benzene rings is 1. The summed E-state index contributed by atoms with van der Waals surface area (Å²) in [4.78, 5) is 27.2. The Bertz CT molecular complexity index is 719. The average molecular weight is 394 g/mol. The van der Waals surface area contributed by atoms with Gasteiger partial charge in [0.2, 0.25) is 5.91 Å². The maximum Gasteiger partial charge on any atom is 0.261 e. The molecule has 0 radical (unpaired) electrons. The van der Waals surface area contributed by atoms with Crippen LogP contribution in [0.4, 0.5) is 0 Å². The van der Waals surface area contributed by atoms with Crippen LogP contribution in [0, 0.1) is 0 Å². The number of nitrogens with one attached hydrogen (secondary N) is 2. The van der Waals surface area contributed by atoms with Gasteiger partial charge in [-0.3, -0.25) is 9.59 Å². The van der Waals surface area contributed by atoms with Gasteiger partial charge in [0.05, 0.1) is 17.5 Å². The van der Waals surface area contributed by atoms with Crippen molar-refractivity contribution in [3.05, 3.63) is 57.8 Å². The van der Waals surface area contributed by atoms with E-state index in [1.165, 1.54) is 16.9 Å². The second-order valence-electron chi connectivity index (χ2n) is 6.06. The van der Waals surface area contributed by atoms with E-state index < -0.39 is 0 Å². The fourth-order valence-electron chi connectivity index (χ4n) is 3.03. The minimum atomic E-state index is -0.192. The minimum Gasteiger partial charge on any atom is -0.342 e. The van der Waals surface area contributed by atoms with Gasteiger partial charge < -0.3 is 15.5 Å². The van der Waals surface area contributed by atoms with E-state index in [1.807, 2.05) is 16.3 Å². The van der Waals surface area contributed by atoms with Gasteiger partial charge in [-0.05, 0) is 29.0 Å². The third-order valence-electron chi connectivity index (χ3n) is 4.48. The van der Waals surface area contributed by atoms with E-state index >= 15 is 0 Å². The molecule has 3 rings (SSSR count). The average Bonchev–Trinajstić information content (AvgIpc) is 3.21. The Morgan fingerprint density at radius 1 is 1.27 bits per heavy atom. The molecule has 140 valence electrons. The highest BCUT2D eigenvalue weighted by atomic mass is 35.5. The number of piperazine rings is 1. The van der Waals surface area contributed by atoms with Crippen molar-refractivity contribution < 1.29 is 9.59 Å². The Hall–Kier alpha value is -1.89. The number of carbonyl (C=O) groups excluding carboxylic acids is 2. The van der Waals surface area contributed by atoms with Crippen molar-refractivity contribution in [3.8, 4) is 0 Å². The van der Waals surface area contributed by atoms with Gasteiger partial charge >= 0.3 is 0 Å². The molecule has 1 saturated heterocycles. The lowest BCUT2D eigenvalue weighted by atomic mass is 10.0. The standard InChI is InChI=1S/C19H23N3O2S.ClH/c1-2-14-5-7-15(8-6-14)16-12-20-9-10-22(16)18(23)13-21-19(24)17-4-3-11-25-17;/h3-8,11,16,20H,2,9-10,12-13H2,1H3,(H,21,24);1H. The van der Waals surface area contributed by atoms with Crippen molar-refractivity contribution >= 4 is 35.6 Å². The van der Waals surface area contributed by atoms with E-state index in [4.69, 9.17) is 0 Å². The zero-order chi connectivity index (χ0) is 17.6. The fourth-order valence-corrected chi connectivity index (χ4v) is 3.67. The molecule has 5 nitrogen and oxygen atoms in total. The van der Waals surface area contributed by atoms with Crippen molar-refractivity contribution in [1.29, 1.82) is 0 Å². The van der Waals surface area contributed by atoms with Gasteiger partial charge in [-0.25, -0.2) is 0 Å². The van der Waals surface area contributed by atoms with E-state index in [2.05, 4.69) is 41.8 Å². The van der Waals surface area contributed by atoms with E-state index in [-0.39, 0.29) is 36.8 Å². The molecule has 2 heterocycles. The van der Waals surface area contributed by atoms with Crippen molar-refractivity contribution in [1.82, 2.24) is 15.5 Å². The predicted molar refractivity (Wildman–Crippen MR) is 107 cm³/mol. The summed E-state index contributed by atoms with van der Waals surface area (Å²) in [6, 6.07) is 12.0. The molecule has 0 spiro atoms. The van der Waals surface area contributed by atoms with Crippen LogP contribution in [0.3, 0.4) is 0 Å². The van der Waals surface area contributed by atoms with Crippen molar-refractivity contribution in [2.75, 3.05) is 26.2 Å². The van der Waals surface area contributed by atoms with Crippen molar-refractivity contribution in [2.45, 2.75) is 19.4 Å². The van der Waals surface area contributed by atoms with Gasteiger partial charge in [-0.2, -0.15) is 0 Å². The second kappa shape index (κ2) is 9.71. The molecule has 1 aliphatic heterocycles. The van der Waals surface area contributed by atoms with Crippen LogP contribution in [-0.2, 0) is 11.2 Å². The number of carbonyl (C=O) groups is 2. The third-order valence-corrected chi connectivity index (χ3v) is 5.35. The molecular formula is C19H24ClN3O2S. The summed E-state index contributed by atoms with van der Waals surface area (Å²) in [5.74, 6) is -0.238. The number of nitrogens with zero attached hydrogens (tertiary/aromatic N) is 1. The van der Waals surface area contributed by atoms with E-state index in [9.17, 15) is 9.59 Å². The first-order valence-corrected chi connectivity index (χ1v) is 9.47. The highest BCUT2D eigenvalue weighted by Crippen LogP contribution is 2.23. The lowest BCUT2D eigenvalue weighted by Gasteiger charge is -2.36. The minimum absolute atomic E-state index is 0. The molecule has 1 aromatic heterocycles. The lowest BCUT2D eigenvalue weighted by Crippen LogP contribution is -2.51. The normalized spacial score (nSPS) is 16.7. The number of amides is 2. The van der Waals surface area contributed by atoms with E-state index in [0.717, 1.165) is 25.1 Å². The molecule has 0 aliphatic carbocycles. The number of hydrogen-bond acceptors (Lipinski definition) is 4. The maximum absolute atomic E-state index is 12.7. The molecule has 1 aromatic carbocycles. The third kappa shape index (κ3) is 4.84. The van der Waals surface area contributed by atoms with Crippen molar-refractivity contribution in [3.63, 3.8) is 0 Å². The molecule has 1 fully saturated rings. The van der Waals surface area contributed by atoms with Gasteiger partial charge in [0.15, 0.2) is 0 Å². The first-order valence-electron chi connectivity index (χ1n) is 8.59. The summed E-state index contributed by atoms with van der Waals surface area (Å²) in [7, 11) is 0. The first-order chi connectivity index (χ1) is 12.2. The molecule has 7 heteroatoms. The van der Waals surface area contributed by atoms with Crippen LogP contribution in [0.5, 0.6) is 0 Å². The van der Waals surface area contributed by atoms with Crippen LogP contribution < -0.4 is 10.6 Å². The van der Waals surface area contributed by atoms with Gasteiger partial charge in [0.25, 0.3) is 5.91 Å². The SMILES string of the molecule is CCc1ccc(C2CNCCN2C(=O)CNC(=O)c2cccs2)cc1.Cl. The Morgan fingerprint density at radius 2 is 2.04 bits per heavy atom. The first kappa shape index (κ1) is 20.4. The maximum atomic E-state index is 12.7. The van der Waals surface area contributed by atoms with Gasteiger partial charge in [0, 0.05) is 19.6 Å². The zero-order valence-electron chi connectivity index (χ0n) is 14.7. The fraction of sp³-hybridized carbons (Fsp3) is 0.368. The molecule has 1 aliphatic rings. The number of aryl methyl sites for hydroxylation is 1. The molecule has 2 amide bonds. The zero-order valence-corrected chi connectivity index (χ0v) is 16.4. The Labute approximate surface area is 164 Å². The summed E-state index contributed by atoms with van der Waals surface area (Å²) >= 11 is 1.37. The molecule has 1 atom stereocenters. The van der Waals surface area contributed by atoms with Crippen molar-refractivity contribution in [2.24, 2.45) is 0 Å². The monoisotopic (exact) mass is 393 g/mol. The van der Waals surface area contributed by atoms with E-state index in [1.54, 1.807) is 6.07 Å². The smallest absolute Gasteiger partial charge is 0.261 e. The predicted octanol–water partition coefficient (Wildman–Crippen LogP) is 2.64. The highest BCUT2D eigenvalue weighted by molar-refractivity contribution is 7.12. The largest absolute Gasteiger partial charge is 0.342 e. The van der Waals surface area contributed by atoms with Gasteiger partial charge in [-0.1, -0.05) is 37.3 Å².